The van der Waals surface area contributed by atoms with Crippen LogP contribution in [0.15, 0.2) is 12.7 Å². The molecule has 1 rings (SSSR count). The molecule has 1 fully saturated rings. The lowest BCUT2D eigenvalue weighted by atomic mass is 10.6. The highest BCUT2D eigenvalue weighted by atomic mass is 32.3. The first-order chi connectivity index (χ1) is 5.55. The van der Waals surface area contributed by atoms with Gasteiger partial charge < -0.3 is 0 Å². The Bertz CT molecular complexity index is 264. The van der Waals surface area contributed by atoms with Crippen molar-refractivity contribution in [1.82, 2.24) is 10.4 Å². The van der Waals surface area contributed by atoms with E-state index in [9.17, 15) is 8.42 Å². The van der Waals surface area contributed by atoms with E-state index in [1.165, 1.54) is 11.8 Å². The second-order valence-electron chi connectivity index (χ2n) is 2.31. The molecule has 0 radical (unpaired) electrons. The molecule has 0 bridgehead atoms. The molecule has 5 nitrogen and oxygen atoms in total. The van der Waals surface area contributed by atoms with Crippen molar-refractivity contribution in [2.75, 3.05) is 12.4 Å². The maximum Gasteiger partial charge on any atom is 0.236 e. The molecule has 1 aliphatic rings. The Kier molecular flexibility index (Phi) is 3.13. The lowest BCUT2D eigenvalue weighted by Crippen LogP contribution is -2.43. The molecule has 1 aliphatic heterocycles. The van der Waals surface area contributed by atoms with E-state index in [0.29, 0.717) is 12.4 Å². The smallest absolute Gasteiger partial charge is 0.236 e. The van der Waals surface area contributed by atoms with Gasteiger partial charge in [-0.25, -0.2) is 24.0 Å². The molecule has 7 heteroatoms. The van der Waals surface area contributed by atoms with Gasteiger partial charge in [0, 0.05) is 6.54 Å². The fourth-order valence-corrected chi connectivity index (χ4v) is 3.12. The molecule has 70 valence electrons. The topological polar surface area (TPSA) is 75.4 Å². The van der Waals surface area contributed by atoms with Crippen LogP contribution in [0.1, 0.15) is 0 Å². The van der Waals surface area contributed by atoms with Crippen molar-refractivity contribution in [3.63, 3.8) is 0 Å². The number of hydrazine groups is 1. The summed E-state index contributed by atoms with van der Waals surface area (Å²) >= 11 is 1.25. The number of sulfonamides is 1. The summed E-state index contributed by atoms with van der Waals surface area (Å²) in [5, 5.41) is 6.55. The van der Waals surface area contributed by atoms with Crippen LogP contribution >= 0.6 is 11.8 Å². The molecule has 1 unspecified atom stereocenters. The Morgan fingerprint density at radius 1 is 1.83 bits per heavy atom. The highest BCUT2D eigenvalue weighted by molar-refractivity contribution is 8.12. The Labute approximate surface area is 76.0 Å². The molecule has 0 aromatic carbocycles. The standard InChI is InChI=1S/C5H11N3O2S2/c1-2-3-8-5(11-4-7-8)12(6,9)10/h2,5,7H,1,3-4H2,(H2,6,9,10). The van der Waals surface area contributed by atoms with Gasteiger partial charge in [0.2, 0.25) is 10.0 Å². The number of hydrogen-bond acceptors (Lipinski definition) is 5. The van der Waals surface area contributed by atoms with Crippen LogP contribution in [0.2, 0.25) is 0 Å². The summed E-state index contributed by atoms with van der Waals surface area (Å²) < 4.78 is 21.2. The number of nitrogens with two attached hydrogens (primary N) is 1. The summed E-state index contributed by atoms with van der Waals surface area (Å²) in [5.74, 6) is 0.564. The van der Waals surface area contributed by atoms with Crippen LogP contribution in [0.4, 0.5) is 0 Å². The third-order valence-electron chi connectivity index (χ3n) is 1.35. The van der Waals surface area contributed by atoms with Gasteiger partial charge in [-0.1, -0.05) is 6.08 Å². The molecule has 1 saturated heterocycles. The summed E-state index contributed by atoms with van der Waals surface area (Å²) in [4.78, 5) is 0. The van der Waals surface area contributed by atoms with Crippen molar-refractivity contribution in [1.29, 1.82) is 0 Å². The Balaban J connectivity index is 2.70. The van der Waals surface area contributed by atoms with Gasteiger partial charge in [0.05, 0.1) is 5.88 Å². The SMILES string of the molecule is C=CCN1NCSC1S(N)(=O)=O. The van der Waals surface area contributed by atoms with Gasteiger partial charge in [-0.15, -0.1) is 18.3 Å². The lowest BCUT2D eigenvalue weighted by molar-refractivity contribution is 0.265. The average molecular weight is 209 g/mol. The first kappa shape index (κ1) is 10.0. The maximum absolute atomic E-state index is 11.0. The van der Waals surface area contributed by atoms with Crippen LogP contribution in [0.3, 0.4) is 0 Å². The molecule has 0 aliphatic carbocycles. The van der Waals surface area contributed by atoms with Gasteiger partial charge in [0.1, 0.15) is 0 Å². The van der Waals surface area contributed by atoms with Crippen molar-refractivity contribution in [2.45, 2.75) is 4.71 Å². The largest absolute Gasteiger partial charge is 0.243 e. The molecule has 0 aromatic rings. The van der Waals surface area contributed by atoms with Crippen molar-refractivity contribution in [3.8, 4) is 0 Å². The minimum absolute atomic E-state index is 0.466. The molecule has 1 atom stereocenters. The summed E-state index contributed by atoms with van der Waals surface area (Å²) in [6.07, 6.45) is 1.62. The number of rotatable bonds is 3. The average Bonchev–Trinajstić information content (AvgIpc) is 2.34. The summed E-state index contributed by atoms with van der Waals surface area (Å²) in [5.41, 5.74) is 2.88. The molecule has 0 aromatic heterocycles. The van der Waals surface area contributed by atoms with Crippen LogP contribution in [0, 0.1) is 0 Å². The van der Waals surface area contributed by atoms with E-state index in [2.05, 4.69) is 12.0 Å². The van der Waals surface area contributed by atoms with Gasteiger partial charge in [-0.2, -0.15) is 0 Å². The number of thioether (sulfide) groups is 1. The first-order valence-corrected chi connectivity index (χ1v) is 5.96. The van der Waals surface area contributed by atoms with E-state index < -0.39 is 14.7 Å². The summed E-state index contributed by atoms with van der Waals surface area (Å²) in [6, 6.07) is 0. The van der Waals surface area contributed by atoms with Crippen molar-refractivity contribution in [2.24, 2.45) is 5.14 Å². The first-order valence-electron chi connectivity index (χ1n) is 3.30. The van der Waals surface area contributed by atoms with E-state index in [1.807, 2.05) is 0 Å². The van der Waals surface area contributed by atoms with E-state index in [-0.39, 0.29) is 0 Å². The monoisotopic (exact) mass is 209 g/mol. The number of nitrogens with one attached hydrogen (secondary N) is 1. The van der Waals surface area contributed by atoms with Crippen LogP contribution in [-0.2, 0) is 10.0 Å². The molecule has 1 heterocycles. The minimum Gasteiger partial charge on any atom is -0.243 e. The Morgan fingerprint density at radius 3 is 3.00 bits per heavy atom. The highest BCUT2D eigenvalue weighted by Crippen LogP contribution is 2.22. The van der Waals surface area contributed by atoms with Crippen LogP contribution in [-0.4, -0.2) is 30.6 Å². The predicted octanol–water partition coefficient (Wildman–Crippen LogP) is -0.745. The van der Waals surface area contributed by atoms with E-state index >= 15 is 0 Å². The van der Waals surface area contributed by atoms with Gasteiger partial charge in [0.25, 0.3) is 0 Å². The van der Waals surface area contributed by atoms with Gasteiger partial charge >= 0.3 is 0 Å². The molecule has 3 N–H and O–H groups in total. The zero-order valence-electron chi connectivity index (χ0n) is 6.43. The number of hydrogen-bond donors (Lipinski definition) is 2. The predicted molar refractivity (Wildman–Crippen MR) is 49.4 cm³/mol. The van der Waals surface area contributed by atoms with Crippen LogP contribution in [0.5, 0.6) is 0 Å². The zero-order chi connectivity index (χ0) is 9.19. The fraction of sp³-hybridized carbons (Fsp3) is 0.600. The summed E-state index contributed by atoms with van der Waals surface area (Å²) in [7, 11) is -3.50. The number of primary sulfonamides is 1. The second-order valence-corrected chi connectivity index (χ2v) is 5.30. The Hall–Kier alpha value is -0.0800. The van der Waals surface area contributed by atoms with Crippen molar-refractivity contribution >= 4 is 21.8 Å². The van der Waals surface area contributed by atoms with Gasteiger partial charge in [-0.3, -0.25) is 0 Å². The second kappa shape index (κ2) is 3.75. The minimum atomic E-state index is -3.50. The normalized spacial score (nSPS) is 25.9. The molecule has 0 amide bonds. The molecule has 0 saturated carbocycles. The molecular formula is C5H11N3O2S2. The van der Waals surface area contributed by atoms with Crippen LogP contribution < -0.4 is 10.6 Å². The van der Waals surface area contributed by atoms with Crippen LogP contribution in [0.25, 0.3) is 0 Å². The molecule has 12 heavy (non-hydrogen) atoms. The molecular weight excluding hydrogens is 198 g/mol. The number of nitrogens with zero attached hydrogens (tertiary/aromatic N) is 1. The third kappa shape index (κ3) is 2.20. The molecule has 0 spiro atoms. The fourth-order valence-electron chi connectivity index (χ4n) is 0.918. The quantitative estimate of drug-likeness (QED) is 0.599. The van der Waals surface area contributed by atoms with Crippen molar-refractivity contribution in [3.05, 3.63) is 12.7 Å². The van der Waals surface area contributed by atoms with E-state index in [0.717, 1.165) is 0 Å². The van der Waals surface area contributed by atoms with Gasteiger partial charge in [0.15, 0.2) is 4.71 Å². The Morgan fingerprint density at radius 2 is 2.50 bits per heavy atom. The zero-order valence-corrected chi connectivity index (χ0v) is 8.07. The van der Waals surface area contributed by atoms with E-state index in [4.69, 9.17) is 5.14 Å². The van der Waals surface area contributed by atoms with E-state index in [1.54, 1.807) is 11.1 Å². The lowest BCUT2D eigenvalue weighted by Gasteiger charge is -2.18. The van der Waals surface area contributed by atoms with Gasteiger partial charge in [-0.05, 0) is 0 Å². The third-order valence-corrected chi connectivity index (χ3v) is 4.22. The maximum atomic E-state index is 11.0. The van der Waals surface area contributed by atoms with Crippen molar-refractivity contribution < 1.29 is 8.42 Å². The highest BCUT2D eigenvalue weighted by Gasteiger charge is 2.32. The summed E-state index contributed by atoms with van der Waals surface area (Å²) in [6.45, 7) is 3.98.